The number of carbonyl (C=O) groups is 1. The number of ether oxygens (including phenoxy) is 1. The number of nitrogens with zero attached hydrogens (tertiary/aromatic N) is 1. The highest BCUT2D eigenvalue weighted by molar-refractivity contribution is 6.10. The highest BCUT2D eigenvalue weighted by Gasteiger charge is 2.29. The van der Waals surface area contributed by atoms with Crippen molar-refractivity contribution >= 4 is 11.6 Å². The van der Waals surface area contributed by atoms with Crippen LogP contribution in [0, 0.1) is 0 Å². The van der Waals surface area contributed by atoms with Gasteiger partial charge >= 0.3 is 0 Å². The summed E-state index contributed by atoms with van der Waals surface area (Å²) < 4.78 is 5.49. The molecule has 1 amide bonds. The molecule has 0 aromatic heterocycles. The quantitative estimate of drug-likeness (QED) is 0.828. The Hall–Kier alpha value is -2.37. The molecule has 1 unspecified atom stereocenters. The largest absolute Gasteiger partial charge is 0.494 e. The van der Waals surface area contributed by atoms with Crippen LogP contribution in [-0.4, -0.2) is 29.0 Å². The predicted octanol–water partition coefficient (Wildman–Crippen LogP) is 2.66. The fraction of sp³-hybridized carbons (Fsp3) is 0.316. The summed E-state index contributed by atoms with van der Waals surface area (Å²) in [6.45, 7) is 4.77. The second kappa shape index (κ2) is 6.63. The van der Waals surface area contributed by atoms with Gasteiger partial charge in [-0.15, -0.1) is 0 Å². The number of fused-ring (bicyclic) bond motifs is 1. The molecule has 0 radical (unpaired) electrons. The summed E-state index contributed by atoms with van der Waals surface area (Å²) >= 11 is 0. The first-order chi connectivity index (χ1) is 11.5. The molecule has 1 aliphatic rings. The van der Waals surface area contributed by atoms with Crippen molar-refractivity contribution in [2.24, 2.45) is 0 Å². The van der Waals surface area contributed by atoms with Gasteiger partial charge in [0.1, 0.15) is 5.75 Å². The molecule has 0 saturated carbocycles. The van der Waals surface area contributed by atoms with Gasteiger partial charge in [-0.3, -0.25) is 4.79 Å². The third-order valence-electron chi connectivity index (χ3n) is 4.37. The minimum atomic E-state index is -1.40. The Morgan fingerprint density at radius 2 is 1.88 bits per heavy atom. The molecule has 0 bridgehead atoms. The first kappa shape index (κ1) is 16.5. The summed E-state index contributed by atoms with van der Waals surface area (Å²) in [6.07, 6.45) is -1.40. The maximum atomic E-state index is 12.6. The lowest BCUT2D eigenvalue weighted by Crippen LogP contribution is -2.23. The van der Waals surface area contributed by atoms with Crippen LogP contribution in [0.15, 0.2) is 42.5 Å². The molecule has 2 N–H and O–H groups in total. The second-order valence-electron chi connectivity index (χ2n) is 5.94. The number of rotatable bonds is 5. The SMILES string of the molecule is CCOc1ccc2c(c1)CN(c1ccc(C(C)C(O)O)cc1)C2=O. The third kappa shape index (κ3) is 3.00. The smallest absolute Gasteiger partial charge is 0.258 e. The van der Waals surface area contributed by atoms with E-state index in [9.17, 15) is 15.0 Å². The molecule has 1 aliphatic heterocycles. The molecular formula is C19H21NO4. The number of aliphatic hydroxyl groups excluding tert-OH is 1. The topological polar surface area (TPSA) is 70.0 Å². The average Bonchev–Trinajstić information content (AvgIpc) is 2.91. The van der Waals surface area contributed by atoms with E-state index in [0.29, 0.717) is 18.7 Å². The Balaban J connectivity index is 1.82. The lowest BCUT2D eigenvalue weighted by Gasteiger charge is -2.18. The minimum absolute atomic E-state index is 0.0314. The molecule has 1 atom stereocenters. The standard InChI is InChI=1S/C19H21NO4/c1-3-24-16-8-9-17-14(10-16)11-20(18(17)21)15-6-4-13(5-7-15)12(2)19(22)23/h4-10,12,19,22-23H,3,11H2,1-2H3. The van der Waals surface area contributed by atoms with Crippen molar-refractivity contribution in [3.63, 3.8) is 0 Å². The van der Waals surface area contributed by atoms with Crippen LogP contribution in [-0.2, 0) is 6.54 Å². The lowest BCUT2D eigenvalue weighted by atomic mass is 10.0. The van der Waals surface area contributed by atoms with E-state index >= 15 is 0 Å². The summed E-state index contributed by atoms with van der Waals surface area (Å²) in [5, 5.41) is 18.5. The van der Waals surface area contributed by atoms with Gasteiger partial charge in [0.25, 0.3) is 5.91 Å². The van der Waals surface area contributed by atoms with Crippen molar-refractivity contribution in [2.75, 3.05) is 11.5 Å². The zero-order valence-corrected chi connectivity index (χ0v) is 13.8. The normalized spacial score (nSPS) is 14.9. The van der Waals surface area contributed by atoms with Gasteiger partial charge in [-0.1, -0.05) is 19.1 Å². The summed E-state index contributed by atoms with van der Waals surface area (Å²) in [5.41, 5.74) is 3.25. The molecule has 1 heterocycles. The van der Waals surface area contributed by atoms with Crippen molar-refractivity contribution < 1.29 is 19.7 Å². The Morgan fingerprint density at radius 1 is 1.17 bits per heavy atom. The van der Waals surface area contributed by atoms with Crippen molar-refractivity contribution in [2.45, 2.75) is 32.6 Å². The average molecular weight is 327 g/mol. The van der Waals surface area contributed by atoms with Crippen molar-refractivity contribution in [3.05, 3.63) is 59.2 Å². The van der Waals surface area contributed by atoms with Crippen molar-refractivity contribution in [1.82, 2.24) is 0 Å². The molecule has 0 spiro atoms. The number of aliphatic hydroxyl groups is 2. The number of carbonyl (C=O) groups excluding carboxylic acids is 1. The van der Waals surface area contributed by atoms with E-state index in [1.165, 1.54) is 0 Å². The third-order valence-corrected chi connectivity index (χ3v) is 4.37. The molecule has 24 heavy (non-hydrogen) atoms. The van der Waals surface area contributed by atoms with Crippen LogP contribution in [0.4, 0.5) is 5.69 Å². The van der Waals surface area contributed by atoms with Gasteiger partial charge in [0.05, 0.1) is 13.2 Å². The van der Waals surface area contributed by atoms with Gasteiger partial charge in [-0.25, -0.2) is 0 Å². The zero-order chi connectivity index (χ0) is 17.3. The highest BCUT2D eigenvalue weighted by Crippen LogP contribution is 2.31. The van der Waals surface area contributed by atoms with Gasteiger partial charge < -0.3 is 19.8 Å². The van der Waals surface area contributed by atoms with Crippen molar-refractivity contribution in [1.29, 1.82) is 0 Å². The van der Waals surface area contributed by atoms with E-state index in [4.69, 9.17) is 4.74 Å². The highest BCUT2D eigenvalue weighted by atomic mass is 16.5. The minimum Gasteiger partial charge on any atom is -0.494 e. The maximum Gasteiger partial charge on any atom is 0.258 e. The van der Waals surface area contributed by atoms with Gasteiger partial charge in [-0.2, -0.15) is 0 Å². The van der Waals surface area contributed by atoms with Gasteiger partial charge in [0.2, 0.25) is 0 Å². The van der Waals surface area contributed by atoms with Gasteiger partial charge in [-0.05, 0) is 48.4 Å². The zero-order valence-electron chi connectivity index (χ0n) is 13.8. The molecular weight excluding hydrogens is 306 g/mol. The second-order valence-corrected chi connectivity index (χ2v) is 5.94. The molecule has 0 saturated heterocycles. The fourth-order valence-electron chi connectivity index (χ4n) is 2.89. The predicted molar refractivity (Wildman–Crippen MR) is 91.2 cm³/mol. The van der Waals surface area contributed by atoms with E-state index in [2.05, 4.69) is 0 Å². The Kier molecular flexibility index (Phi) is 4.55. The Labute approximate surface area is 141 Å². The Bertz CT molecular complexity index is 740. The van der Waals surface area contributed by atoms with Crippen LogP contribution >= 0.6 is 0 Å². The summed E-state index contributed by atoms with van der Waals surface area (Å²) in [6, 6.07) is 12.8. The number of hydrogen-bond acceptors (Lipinski definition) is 4. The van der Waals surface area contributed by atoms with Crippen LogP contribution < -0.4 is 9.64 Å². The van der Waals surface area contributed by atoms with Gasteiger partial charge in [0, 0.05) is 17.2 Å². The molecule has 3 rings (SSSR count). The van der Waals surface area contributed by atoms with E-state index in [1.54, 1.807) is 17.9 Å². The Morgan fingerprint density at radius 3 is 2.50 bits per heavy atom. The van der Waals surface area contributed by atoms with Crippen LogP contribution in [0.5, 0.6) is 5.75 Å². The molecule has 0 fully saturated rings. The van der Waals surface area contributed by atoms with E-state index in [1.807, 2.05) is 43.3 Å². The monoisotopic (exact) mass is 327 g/mol. The first-order valence-corrected chi connectivity index (χ1v) is 8.05. The van der Waals surface area contributed by atoms with E-state index in [0.717, 1.165) is 22.6 Å². The summed E-state index contributed by atoms with van der Waals surface area (Å²) in [4.78, 5) is 14.3. The first-order valence-electron chi connectivity index (χ1n) is 8.05. The fourth-order valence-corrected chi connectivity index (χ4v) is 2.89. The number of hydrogen-bond donors (Lipinski definition) is 2. The van der Waals surface area contributed by atoms with Crippen molar-refractivity contribution in [3.8, 4) is 5.75 Å². The summed E-state index contributed by atoms with van der Waals surface area (Å²) in [7, 11) is 0. The number of anilines is 1. The molecule has 5 nitrogen and oxygen atoms in total. The van der Waals surface area contributed by atoms with E-state index < -0.39 is 6.29 Å². The lowest BCUT2D eigenvalue weighted by molar-refractivity contribution is -0.0561. The van der Waals surface area contributed by atoms with Crippen LogP contribution in [0.25, 0.3) is 0 Å². The number of benzene rings is 2. The maximum absolute atomic E-state index is 12.6. The molecule has 0 aliphatic carbocycles. The van der Waals surface area contributed by atoms with Crippen LogP contribution in [0.1, 0.15) is 41.3 Å². The molecule has 2 aromatic rings. The number of amides is 1. The van der Waals surface area contributed by atoms with Crippen LogP contribution in [0.3, 0.4) is 0 Å². The summed E-state index contributed by atoms with van der Waals surface area (Å²) in [5.74, 6) is 0.363. The molecule has 5 heteroatoms. The van der Waals surface area contributed by atoms with Crippen LogP contribution in [0.2, 0.25) is 0 Å². The molecule has 2 aromatic carbocycles. The van der Waals surface area contributed by atoms with E-state index in [-0.39, 0.29) is 11.8 Å². The van der Waals surface area contributed by atoms with Gasteiger partial charge in [0.15, 0.2) is 6.29 Å². The molecule has 126 valence electrons.